The van der Waals surface area contributed by atoms with Crippen molar-refractivity contribution in [3.8, 4) is 0 Å². The fourth-order valence-corrected chi connectivity index (χ4v) is 1.78. The minimum Gasteiger partial charge on any atom is -0.370 e. The second-order valence-corrected chi connectivity index (χ2v) is 3.74. The third kappa shape index (κ3) is 3.44. The Morgan fingerprint density at radius 3 is 2.62 bits per heavy atom. The van der Waals surface area contributed by atoms with Crippen LogP contribution in [0.5, 0.6) is 0 Å². The number of nitrogens with two attached hydrogens (primary N) is 1. The zero-order chi connectivity index (χ0) is 9.68. The van der Waals surface area contributed by atoms with Crippen LogP contribution in [0.2, 0.25) is 0 Å². The minimum atomic E-state index is 0.209. The van der Waals surface area contributed by atoms with E-state index in [0.717, 1.165) is 44.3 Å². The topological polar surface area (TPSA) is 65.1 Å². The second kappa shape index (κ2) is 5.34. The summed E-state index contributed by atoms with van der Waals surface area (Å²) in [6.45, 7) is 2.89. The van der Waals surface area contributed by atoms with Crippen LogP contribution in [0.25, 0.3) is 0 Å². The first-order valence-corrected chi connectivity index (χ1v) is 5.28. The van der Waals surface area contributed by atoms with E-state index in [1.807, 2.05) is 4.90 Å². The van der Waals surface area contributed by atoms with Gasteiger partial charge in [0.1, 0.15) is 0 Å². The Morgan fingerprint density at radius 1 is 1.54 bits per heavy atom. The van der Waals surface area contributed by atoms with Gasteiger partial charge in [0.25, 0.3) is 0 Å². The highest BCUT2D eigenvalue weighted by atomic mass is 32.1. The van der Waals surface area contributed by atoms with E-state index in [4.69, 9.17) is 11.1 Å². The molecule has 0 atom stereocenters. The van der Waals surface area contributed by atoms with E-state index >= 15 is 0 Å². The highest BCUT2D eigenvalue weighted by Crippen LogP contribution is 2.15. The molecule has 1 fully saturated rings. The summed E-state index contributed by atoms with van der Waals surface area (Å²) in [7, 11) is 0. The predicted molar refractivity (Wildman–Crippen MR) is 58.1 cm³/mol. The maximum atomic E-state index is 7.27. The summed E-state index contributed by atoms with van der Waals surface area (Å²) in [6, 6.07) is 0. The van der Waals surface area contributed by atoms with Crippen molar-refractivity contribution in [2.24, 2.45) is 11.7 Å². The molecule has 76 valence electrons. The fraction of sp³-hybridized carbons (Fsp3) is 0.875. The maximum Gasteiger partial charge on any atom is 0.188 e. The van der Waals surface area contributed by atoms with Crippen molar-refractivity contribution >= 4 is 18.6 Å². The van der Waals surface area contributed by atoms with Crippen LogP contribution in [-0.2, 0) is 0 Å². The van der Waals surface area contributed by atoms with E-state index in [2.05, 4.69) is 17.9 Å². The quantitative estimate of drug-likeness (QED) is 0.227. The van der Waals surface area contributed by atoms with Crippen LogP contribution in [0.15, 0.2) is 0 Å². The number of guanidine groups is 1. The lowest BCUT2D eigenvalue weighted by atomic mass is 9.97. The van der Waals surface area contributed by atoms with Crippen LogP contribution in [0.4, 0.5) is 0 Å². The SMILES string of the molecule is N=C(N)N1CCC(CNCS)CC1. The maximum absolute atomic E-state index is 7.27. The normalized spacial score (nSPS) is 19.0. The Bertz CT molecular complexity index is 166. The number of nitrogens with zero attached hydrogens (tertiary/aromatic N) is 1. The molecule has 0 aromatic rings. The van der Waals surface area contributed by atoms with Crippen LogP contribution < -0.4 is 11.1 Å². The molecule has 1 saturated heterocycles. The zero-order valence-corrected chi connectivity index (χ0v) is 8.69. The fourth-order valence-electron chi connectivity index (χ4n) is 1.65. The molecule has 0 aromatic heterocycles. The molecule has 5 heteroatoms. The third-order valence-corrected chi connectivity index (χ3v) is 2.72. The van der Waals surface area contributed by atoms with Crippen molar-refractivity contribution in [3.05, 3.63) is 0 Å². The first-order valence-electron chi connectivity index (χ1n) is 4.64. The van der Waals surface area contributed by atoms with E-state index in [9.17, 15) is 0 Å². The van der Waals surface area contributed by atoms with Crippen molar-refractivity contribution in [2.45, 2.75) is 12.8 Å². The van der Waals surface area contributed by atoms with Crippen LogP contribution in [0.1, 0.15) is 12.8 Å². The lowest BCUT2D eigenvalue weighted by molar-refractivity contribution is 0.260. The molecule has 0 saturated carbocycles. The van der Waals surface area contributed by atoms with Crippen molar-refractivity contribution in [1.82, 2.24) is 10.2 Å². The summed E-state index contributed by atoms with van der Waals surface area (Å²) >= 11 is 4.09. The Balaban J connectivity index is 2.18. The summed E-state index contributed by atoms with van der Waals surface area (Å²) in [6.07, 6.45) is 2.25. The van der Waals surface area contributed by atoms with Gasteiger partial charge in [-0.25, -0.2) is 0 Å². The molecule has 1 heterocycles. The van der Waals surface area contributed by atoms with Gasteiger partial charge < -0.3 is 16.0 Å². The molecule has 0 spiro atoms. The molecule has 0 bridgehead atoms. The second-order valence-electron chi connectivity index (χ2n) is 3.43. The molecule has 0 aromatic carbocycles. The third-order valence-electron chi connectivity index (χ3n) is 2.50. The molecular weight excluding hydrogens is 184 g/mol. The largest absolute Gasteiger partial charge is 0.370 e. The average Bonchev–Trinajstić information content (AvgIpc) is 2.15. The first kappa shape index (κ1) is 10.7. The number of rotatable bonds is 3. The van der Waals surface area contributed by atoms with Crippen LogP contribution in [0, 0.1) is 11.3 Å². The van der Waals surface area contributed by atoms with Crippen LogP contribution in [-0.4, -0.2) is 36.4 Å². The Hall–Kier alpha value is -0.420. The minimum absolute atomic E-state index is 0.209. The number of piperidine rings is 1. The summed E-state index contributed by atoms with van der Waals surface area (Å²) in [5.74, 6) is 1.68. The smallest absolute Gasteiger partial charge is 0.188 e. The molecule has 1 aliphatic heterocycles. The van der Waals surface area contributed by atoms with Gasteiger partial charge in [-0.2, -0.15) is 12.6 Å². The van der Waals surface area contributed by atoms with Gasteiger partial charge in [0, 0.05) is 19.0 Å². The number of hydrogen-bond acceptors (Lipinski definition) is 3. The summed E-state index contributed by atoms with van der Waals surface area (Å²) in [5, 5.41) is 10.5. The van der Waals surface area contributed by atoms with Crippen molar-refractivity contribution in [3.63, 3.8) is 0 Å². The van der Waals surface area contributed by atoms with Crippen LogP contribution in [0.3, 0.4) is 0 Å². The van der Waals surface area contributed by atoms with E-state index in [1.54, 1.807) is 0 Å². The highest BCUT2D eigenvalue weighted by molar-refractivity contribution is 7.80. The van der Waals surface area contributed by atoms with Gasteiger partial charge in [-0.3, -0.25) is 5.41 Å². The zero-order valence-electron chi connectivity index (χ0n) is 7.79. The number of thiol groups is 1. The monoisotopic (exact) mass is 202 g/mol. The lowest BCUT2D eigenvalue weighted by Gasteiger charge is -2.32. The summed E-state index contributed by atoms with van der Waals surface area (Å²) in [5.41, 5.74) is 5.39. The average molecular weight is 202 g/mol. The van der Waals surface area contributed by atoms with Crippen LogP contribution >= 0.6 is 12.6 Å². The molecule has 4 nitrogen and oxygen atoms in total. The molecular formula is C8H18N4S. The van der Waals surface area contributed by atoms with Crippen molar-refractivity contribution in [2.75, 3.05) is 25.5 Å². The van der Waals surface area contributed by atoms with Gasteiger partial charge in [-0.05, 0) is 25.3 Å². The van der Waals surface area contributed by atoms with E-state index in [1.165, 1.54) is 0 Å². The van der Waals surface area contributed by atoms with Gasteiger partial charge >= 0.3 is 0 Å². The number of likely N-dealkylation sites (tertiary alicyclic amines) is 1. The Kier molecular flexibility index (Phi) is 4.38. The standard InChI is InChI=1S/C8H18N4S/c9-8(10)12-3-1-7(2-4-12)5-11-6-13/h7,11,13H,1-6H2,(H3,9,10). The van der Waals surface area contributed by atoms with Gasteiger partial charge in [0.05, 0.1) is 0 Å². The molecule has 0 aliphatic carbocycles. The van der Waals surface area contributed by atoms with Gasteiger partial charge in [0.15, 0.2) is 5.96 Å². The first-order chi connectivity index (χ1) is 6.24. The Morgan fingerprint density at radius 2 is 2.15 bits per heavy atom. The van der Waals surface area contributed by atoms with E-state index in [0.29, 0.717) is 0 Å². The van der Waals surface area contributed by atoms with Crippen molar-refractivity contribution in [1.29, 1.82) is 5.41 Å². The summed E-state index contributed by atoms with van der Waals surface area (Å²) in [4.78, 5) is 1.93. The molecule has 1 rings (SSSR count). The molecule has 0 radical (unpaired) electrons. The molecule has 0 unspecified atom stereocenters. The predicted octanol–water partition coefficient (Wildman–Crippen LogP) is 0.0688. The van der Waals surface area contributed by atoms with Gasteiger partial charge in [0.2, 0.25) is 0 Å². The van der Waals surface area contributed by atoms with Gasteiger partial charge in [-0.15, -0.1) is 0 Å². The molecule has 1 aliphatic rings. The summed E-state index contributed by atoms with van der Waals surface area (Å²) < 4.78 is 0. The molecule has 4 N–H and O–H groups in total. The molecule has 13 heavy (non-hydrogen) atoms. The lowest BCUT2D eigenvalue weighted by Crippen LogP contribution is -2.43. The van der Waals surface area contributed by atoms with Gasteiger partial charge in [-0.1, -0.05) is 0 Å². The number of nitrogens with one attached hydrogen (secondary N) is 2. The van der Waals surface area contributed by atoms with E-state index < -0.39 is 0 Å². The highest BCUT2D eigenvalue weighted by Gasteiger charge is 2.18. The van der Waals surface area contributed by atoms with E-state index in [-0.39, 0.29) is 5.96 Å². The number of hydrogen-bond donors (Lipinski definition) is 4. The van der Waals surface area contributed by atoms with Crippen molar-refractivity contribution < 1.29 is 0 Å². The Labute approximate surface area is 84.8 Å². The molecule has 0 amide bonds.